The van der Waals surface area contributed by atoms with E-state index in [0.29, 0.717) is 21.8 Å². The number of ether oxygens (including phenoxy) is 1. The van der Waals surface area contributed by atoms with Gasteiger partial charge in [-0.15, -0.1) is 0 Å². The van der Waals surface area contributed by atoms with Gasteiger partial charge in [0.1, 0.15) is 6.07 Å². The molecule has 2 aromatic carbocycles. The van der Waals surface area contributed by atoms with E-state index in [4.69, 9.17) is 21.6 Å². The van der Waals surface area contributed by atoms with Crippen LogP contribution in [0.15, 0.2) is 54.6 Å². The number of hydrogen-bond acceptors (Lipinski definition) is 4. The van der Waals surface area contributed by atoms with Crippen LogP contribution in [0, 0.1) is 11.3 Å². The molecule has 1 N–H and O–H groups in total. The number of esters is 1. The highest BCUT2D eigenvalue weighted by molar-refractivity contribution is 6.32. The zero-order valence-electron chi connectivity index (χ0n) is 12.5. The first kappa shape index (κ1) is 17.3. The lowest BCUT2D eigenvalue weighted by molar-refractivity contribution is -0.142. The lowest BCUT2D eigenvalue weighted by Gasteiger charge is -2.06. The van der Waals surface area contributed by atoms with Crippen LogP contribution in [0.25, 0.3) is 6.08 Å². The molecule has 120 valence electrons. The second-order valence-corrected chi connectivity index (χ2v) is 5.08. The number of para-hydroxylation sites is 1. The third-order valence-electron chi connectivity index (χ3n) is 2.97. The first-order valence-corrected chi connectivity index (χ1v) is 7.36. The standard InChI is InChI=1S/C18H13ClN2O3/c19-15-7-3-1-5-13(15)9-10-18(23)24-12-17(22)21-16-8-4-2-6-14(16)11-20/h1-10H,12H2,(H,21,22)/b10-9+. The van der Waals surface area contributed by atoms with E-state index < -0.39 is 18.5 Å². The number of hydrogen-bond donors (Lipinski definition) is 1. The van der Waals surface area contributed by atoms with Crippen LogP contribution >= 0.6 is 11.6 Å². The number of carbonyl (C=O) groups is 2. The molecule has 0 aromatic heterocycles. The van der Waals surface area contributed by atoms with Crippen molar-refractivity contribution in [2.75, 3.05) is 11.9 Å². The minimum Gasteiger partial charge on any atom is -0.452 e. The number of benzene rings is 2. The summed E-state index contributed by atoms with van der Waals surface area (Å²) in [4.78, 5) is 23.4. The van der Waals surface area contributed by atoms with Crippen molar-refractivity contribution in [1.29, 1.82) is 5.26 Å². The summed E-state index contributed by atoms with van der Waals surface area (Å²) in [5.41, 5.74) is 1.37. The molecule has 5 nitrogen and oxygen atoms in total. The number of nitrogens with one attached hydrogen (secondary N) is 1. The SMILES string of the molecule is N#Cc1ccccc1NC(=O)COC(=O)/C=C/c1ccccc1Cl. The lowest BCUT2D eigenvalue weighted by Crippen LogP contribution is -2.20. The lowest BCUT2D eigenvalue weighted by atomic mass is 10.2. The van der Waals surface area contributed by atoms with Crippen LogP contribution in [-0.4, -0.2) is 18.5 Å². The van der Waals surface area contributed by atoms with Gasteiger partial charge < -0.3 is 10.1 Å². The zero-order chi connectivity index (χ0) is 17.4. The van der Waals surface area contributed by atoms with Crippen LogP contribution in [-0.2, 0) is 14.3 Å². The minimum absolute atomic E-state index is 0.329. The predicted molar refractivity (Wildman–Crippen MR) is 91.2 cm³/mol. The Labute approximate surface area is 144 Å². The molecule has 0 aliphatic heterocycles. The predicted octanol–water partition coefficient (Wildman–Crippen LogP) is 3.41. The Bertz CT molecular complexity index is 825. The molecule has 0 spiro atoms. The van der Waals surface area contributed by atoms with Crippen molar-refractivity contribution in [2.45, 2.75) is 0 Å². The van der Waals surface area contributed by atoms with E-state index in [9.17, 15) is 9.59 Å². The fourth-order valence-corrected chi connectivity index (χ4v) is 2.03. The van der Waals surface area contributed by atoms with Crippen molar-refractivity contribution in [3.05, 3.63) is 70.8 Å². The third-order valence-corrected chi connectivity index (χ3v) is 3.32. The molecular formula is C18H13ClN2O3. The molecule has 0 saturated heterocycles. The molecule has 0 radical (unpaired) electrons. The molecule has 0 unspecified atom stereocenters. The maximum Gasteiger partial charge on any atom is 0.331 e. The maximum atomic E-state index is 11.8. The van der Waals surface area contributed by atoms with Gasteiger partial charge in [0, 0.05) is 11.1 Å². The van der Waals surface area contributed by atoms with Gasteiger partial charge >= 0.3 is 5.97 Å². The molecule has 2 rings (SSSR count). The van der Waals surface area contributed by atoms with Gasteiger partial charge in [-0.25, -0.2) is 4.79 Å². The fourth-order valence-electron chi connectivity index (χ4n) is 1.83. The molecule has 0 atom stereocenters. The Morgan fingerprint density at radius 1 is 1.17 bits per heavy atom. The van der Waals surface area contributed by atoms with Crippen LogP contribution in [0.2, 0.25) is 5.02 Å². The van der Waals surface area contributed by atoms with E-state index >= 15 is 0 Å². The Morgan fingerprint density at radius 2 is 1.88 bits per heavy atom. The summed E-state index contributed by atoms with van der Waals surface area (Å²) in [6.45, 7) is -0.453. The molecule has 24 heavy (non-hydrogen) atoms. The molecular weight excluding hydrogens is 328 g/mol. The molecule has 0 fully saturated rings. The number of rotatable bonds is 5. The van der Waals surface area contributed by atoms with Gasteiger partial charge in [0.05, 0.1) is 11.3 Å². The van der Waals surface area contributed by atoms with Gasteiger partial charge in [0.15, 0.2) is 6.61 Å². The summed E-state index contributed by atoms with van der Waals surface area (Å²) in [6.07, 6.45) is 2.70. The van der Waals surface area contributed by atoms with Crippen LogP contribution in [0.4, 0.5) is 5.69 Å². The first-order chi connectivity index (χ1) is 11.6. The van der Waals surface area contributed by atoms with Crippen molar-refractivity contribution in [3.63, 3.8) is 0 Å². The molecule has 0 bridgehead atoms. The number of amides is 1. The second-order valence-electron chi connectivity index (χ2n) is 4.67. The van der Waals surface area contributed by atoms with Gasteiger partial charge in [0.2, 0.25) is 0 Å². The van der Waals surface area contributed by atoms with Crippen molar-refractivity contribution in [1.82, 2.24) is 0 Å². The van der Waals surface area contributed by atoms with Crippen molar-refractivity contribution in [2.24, 2.45) is 0 Å². The highest BCUT2D eigenvalue weighted by Crippen LogP contribution is 2.16. The van der Waals surface area contributed by atoms with E-state index in [2.05, 4.69) is 5.32 Å². The topological polar surface area (TPSA) is 79.2 Å². The number of carbonyl (C=O) groups excluding carboxylic acids is 2. The Kier molecular flexibility index (Phi) is 6.12. The van der Waals surface area contributed by atoms with E-state index in [1.54, 1.807) is 48.5 Å². The summed E-state index contributed by atoms with van der Waals surface area (Å²) in [7, 11) is 0. The highest BCUT2D eigenvalue weighted by atomic mass is 35.5. The molecule has 2 aromatic rings. The van der Waals surface area contributed by atoms with Gasteiger partial charge in [0.25, 0.3) is 5.91 Å². The molecule has 0 aliphatic carbocycles. The minimum atomic E-state index is -0.668. The van der Waals surface area contributed by atoms with E-state index in [0.717, 1.165) is 0 Å². The van der Waals surface area contributed by atoms with E-state index in [1.165, 1.54) is 12.2 Å². The third kappa shape index (κ3) is 4.97. The summed E-state index contributed by atoms with van der Waals surface area (Å²) in [5.74, 6) is -1.20. The maximum absolute atomic E-state index is 11.8. The van der Waals surface area contributed by atoms with Gasteiger partial charge in [-0.1, -0.05) is 41.9 Å². The summed E-state index contributed by atoms with van der Waals surface area (Å²) in [6, 6.07) is 15.5. The average Bonchev–Trinajstić information content (AvgIpc) is 2.59. The molecule has 0 aliphatic rings. The normalized spacial score (nSPS) is 10.2. The average molecular weight is 341 g/mol. The Hall–Kier alpha value is -3.10. The van der Waals surface area contributed by atoms with E-state index in [-0.39, 0.29) is 0 Å². The van der Waals surface area contributed by atoms with Crippen LogP contribution in [0.3, 0.4) is 0 Å². The van der Waals surface area contributed by atoms with Crippen LogP contribution in [0.5, 0.6) is 0 Å². The molecule has 0 heterocycles. The number of anilines is 1. The summed E-state index contributed by atoms with van der Waals surface area (Å²) < 4.78 is 4.85. The fraction of sp³-hybridized carbons (Fsp3) is 0.0556. The summed E-state index contributed by atoms with van der Waals surface area (Å²) in [5, 5.41) is 12.0. The number of nitriles is 1. The second kappa shape index (κ2) is 8.51. The zero-order valence-corrected chi connectivity index (χ0v) is 13.3. The van der Waals surface area contributed by atoms with Crippen LogP contribution in [0.1, 0.15) is 11.1 Å². The highest BCUT2D eigenvalue weighted by Gasteiger charge is 2.08. The largest absolute Gasteiger partial charge is 0.452 e. The Balaban J connectivity index is 1.87. The summed E-state index contributed by atoms with van der Waals surface area (Å²) >= 11 is 5.96. The Morgan fingerprint density at radius 3 is 2.62 bits per heavy atom. The van der Waals surface area contributed by atoms with Crippen LogP contribution < -0.4 is 5.32 Å². The monoisotopic (exact) mass is 340 g/mol. The molecule has 0 saturated carbocycles. The van der Waals surface area contributed by atoms with Gasteiger partial charge in [-0.3, -0.25) is 4.79 Å². The number of halogens is 1. The first-order valence-electron chi connectivity index (χ1n) is 6.98. The quantitative estimate of drug-likeness (QED) is 0.668. The van der Waals surface area contributed by atoms with Gasteiger partial charge in [-0.2, -0.15) is 5.26 Å². The molecule has 6 heteroatoms. The van der Waals surface area contributed by atoms with Gasteiger partial charge in [-0.05, 0) is 29.8 Å². The molecule has 1 amide bonds. The van der Waals surface area contributed by atoms with Crippen molar-refractivity contribution >= 4 is 35.2 Å². The van der Waals surface area contributed by atoms with E-state index in [1.807, 2.05) is 6.07 Å². The van der Waals surface area contributed by atoms with Crippen molar-refractivity contribution < 1.29 is 14.3 Å². The van der Waals surface area contributed by atoms with Crippen molar-refractivity contribution in [3.8, 4) is 6.07 Å². The smallest absolute Gasteiger partial charge is 0.331 e. The number of nitrogens with zero attached hydrogens (tertiary/aromatic N) is 1.